The molecule has 0 aromatic carbocycles. The smallest absolute Gasteiger partial charge is 0.0436 e. The standard InChI is InChI=1S/C13H26N2O/c16-11-6-13(4-5-13)12-14-7-3-10-15-8-1-2-9-15/h14,16H,1-12H2. The molecule has 16 heavy (non-hydrogen) atoms. The zero-order chi connectivity index (χ0) is 11.3. The van der Waals surface area contributed by atoms with Crippen molar-refractivity contribution in [1.82, 2.24) is 10.2 Å². The molecular weight excluding hydrogens is 200 g/mol. The lowest BCUT2D eigenvalue weighted by atomic mass is 10.0. The molecule has 1 saturated carbocycles. The van der Waals surface area contributed by atoms with Crippen LogP contribution in [0, 0.1) is 5.41 Å². The summed E-state index contributed by atoms with van der Waals surface area (Å²) in [7, 11) is 0. The van der Waals surface area contributed by atoms with Gasteiger partial charge in [-0.15, -0.1) is 0 Å². The van der Waals surface area contributed by atoms with Crippen LogP contribution in [0.5, 0.6) is 0 Å². The van der Waals surface area contributed by atoms with E-state index in [1.54, 1.807) is 0 Å². The molecule has 0 unspecified atom stereocenters. The highest BCUT2D eigenvalue weighted by atomic mass is 16.3. The fourth-order valence-corrected chi connectivity index (χ4v) is 2.72. The van der Waals surface area contributed by atoms with Gasteiger partial charge in [-0.1, -0.05) is 0 Å². The van der Waals surface area contributed by atoms with Gasteiger partial charge in [0, 0.05) is 13.2 Å². The van der Waals surface area contributed by atoms with Crippen LogP contribution in [0.4, 0.5) is 0 Å². The molecule has 0 bridgehead atoms. The summed E-state index contributed by atoms with van der Waals surface area (Å²) in [6.07, 6.45) is 7.68. The van der Waals surface area contributed by atoms with E-state index in [1.165, 1.54) is 51.7 Å². The van der Waals surface area contributed by atoms with E-state index in [-0.39, 0.29) is 0 Å². The Hall–Kier alpha value is -0.120. The first kappa shape index (κ1) is 12.3. The Balaban J connectivity index is 1.45. The molecule has 0 spiro atoms. The van der Waals surface area contributed by atoms with Crippen LogP contribution >= 0.6 is 0 Å². The molecule has 2 rings (SSSR count). The SMILES string of the molecule is OCCC1(CNCCCN2CCCC2)CC1. The van der Waals surface area contributed by atoms with Gasteiger partial charge in [-0.05, 0) is 70.1 Å². The number of nitrogens with one attached hydrogen (secondary N) is 1. The first-order chi connectivity index (χ1) is 7.85. The lowest BCUT2D eigenvalue weighted by Crippen LogP contribution is -2.29. The molecule has 0 atom stereocenters. The van der Waals surface area contributed by atoms with Crippen LogP contribution in [0.25, 0.3) is 0 Å². The van der Waals surface area contributed by atoms with E-state index in [2.05, 4.69) is 10.2 Å². The zero-order valence-electron chi connectivity index (χ0n) is 10.4. The molecule has 0 radical (unpaired) electrons. The van der Waals surface area contributed by atoms with Crippen LogP contribution in [-0.2, 0) is 0 Å². The third-order valence-electron chi connectivity index (χ3n) is 4.13. The third-order valence-corrected chi connectivity index (χ3v) is 4.13. The predicted molar refractivity (Wildman–Crippen MR) is 66.5 cm³/mol. The molecule has 1 aliphatic heterocycles. The van der Waals surface area contributed by atoms with E-state index < -0.39 is 0 Å². The number of likely N-dealkylation sites (tertiary alicyclic amines) is 1. The molecule has 2 aliphatic rings. The van der Waals surface area contributed by atoms with E-state index in [0.29, 0.717) is 12.0 Å². The maximum atomic E-state index is 8.95. The summed E-state index contributed by atoms with van der Waals surface area (Å²) in [5.41, 5.74) is 0.475. The summed E-state index contributed by atoms with van der Waals surface area (Å²) in [5, 5.41) is 12.5. The second-order valence-corrected chi connectivity index (χ2v) is 5.55. The molecule has 1 aliphatic carbocycles. The highest BCUT2D eigenvalue weighted by Crippen LogP contribution is 2.47. The molecule has 1 saturated heterocycles. The summed E-state index contributed by atoms with van der Waals surface area (Å²) < 4.78 is 0. The number of aliphatic hydroxyl groups excluding tert-OH is 1. The van der Waals surface area contributed by atoms with Crippen molar-refractivity contribution < 1.29 is 5.11 Å². The lowest BCUT2D eigenvalue weighted by Gasteiger charge is -2.17. The van der Waals surface area contributed by atoms with Gasteiger partial charge in [0.15, 0.2) is 0 Å². The highest BCUT2D eigenvalue weighted by molar-refractivity contribution is 4.94. The van der Waals surface area contributed by atoms with Crippen molar-refractivity contribution in [2.24, 2.45) is 5.41 Å². The minimum Gasteiger partial charge on any atom is -0.396 e. The van der Waals surface area contributed by atoms with Gasteiger partial charge in [0.1, 0.15) is 0 Å². The maximum Gasteiger partial charge on any atom is 0.0436 e. The Kier molecular flexibility index (Phi) is 4.62. The van der Waals surface area contributed by atoms with Gasteiger partial charge in [0.2, 0.25) is 0 Å². The Bertz CT molecular complexity index is 198. The predicted octanol–water partition coefficient (Wildman–Crippen LogP) is 1.22. The van der Waals surface area contributed by atoms with Gasteiger partial charge in [-0.2, -0.15) is 0 Å². The Morgan fingerprint density at radius 1 is 1.19 bits per heavy atom. The van der Waals surface area contributed by atoms with E-state index in [4.69, 9.17) is 5.11 Å². The van der Waals surface area contributed by atoms with Gasteiger partial charge < -0.3 is 15.3 Å². The highest BCUT2D eigenvalue weighted by Gasteiger charge is 2.41. The Labute approximate surface area is 99.2 Å². The van der Waals surface area contributed by atoms with Crippen molar-refractivity contribution in [3.8, 4) is 0 Å². The van der Waals surface area contributed by atoms with Gasteiger partial charge in [-0.3, -0.25) is 0 Å². The molecule has 0 amide bonds. The maximum absolute atomic E-state index is 8.95. The number of hydrogen-bond donors (Lipinski definition) is 2. The first-order valence-electron chi connectivity index (χ1n) is 6.89. The van der Waals surface area contributed by atoms with Crippen molar-refractivity contribution in [3.05, 3.63) is 0 Å². The minimum atomic E-state index is 0.357. The second kappa shape index (κ2) is 5.99. The van der Waals surface area contributed by atoms with E-state index in [9.17, 15) is 0 Å². The second-order valence-electron chi connectivity index (χ2n) is 5.55. The van der Waals surface area contributed by atoms with Crippen molar-refractivity contribution in [2.45, 2.75) is 38.5 Å². The normalized spacial score (nSPS) is 23.8. The van der Waals surface area contributed by atoms with Crippen LogP contribution < -0.4 is 5.32 Å². The number of nitrogens with zero attached hydrogens (tertiary/aromatic N) is 1. The van der Waals surface area contributed by atoms with Crippen LogP contribution in [0.15, 0.2) is 0 Å². The quantitative estimate of drug-likeness (QED) is 0.611. The molecule has 94 valence electrons. The number of rotatable bonds is 8. The molecular formula is C13H26N2O. The van der Waals surface area contributed by atoms with Gasteiger partial charge >= 0.3 is 0 Å². The summed E-state index contributed by atoms with van der Waals surface area (Å²) in [5.74, 6) is 0. The van der Waals surface area contributed by atoms with Crippen LogP contribution in [0.1, 0.15) is 38.5 Å². The number of aliphatic hydroxyl groups is 1. The largest absolute Gasteiger partial charge is 0.396 e. The molecule has 0 aromatic rings. The average molecular weight is 226 g/mol. The third kappa shape index (κ3) is 3.72. The molecule has 3 nitrogen and oxygen atoms in total. The fraction of sp³-hybridized carbons (Fsp3) is 1.00. The van der Waals surface area contributed by atoms with Crippen molar-refractivity contribution >= 4 is 0 Å². The van der Waals surface area contributed by atoms with Gasteiger partial charge in [0.25, 0.3) is 0 Å². The molecule has 2 N–H and O–H groups in total. The minimum absolute atomic E-state index is 0.357. The fourth-order valence-electron chi connectivity index (χ4n) is 2.72. The van der Waals surface area contributed by atoms with Crippen LogP contribution in [-0.4, -0.2) is 49.3 Å². The Morgan fingerprint density at radius 2 is 1.94 bits per heavy atom. The van der Waals surface area contributed by atoms with E-state index in [0.717, 1.165) is 19.5 Å². The van der Waals surface area contributed by atoms with Gasteiger partial charge in [-0.25, -0.2) is 0 Å². The molecule has 3 heteroatoms. The molecule has 1 heterocycles. The van der Waals surface area contributed by atoms with Crippen molar-refractivity contribution in [1.29, 1.82) is 0 Å². The summed E-state index contributed by atoms with van der Waals surface area (Å²) in [6.45, 7) is 6.51. The zero-order valence-corrected chi connectivity index (χ0v) is 10.4. The monoisotopic (exact) mass is 226 g/mol. The van der Waals surface area contributed by atoms with Gasteiger partial charge in [0.05, 0.1) is 0 Å². The van der Waals surface area contributed by atoms with Crippen LogP contribution in [0.2, 0.25) is 0 Å². The summed E-state index contributed by atoms with van der Waals surface area (Å²) in [6, 6.07) is 0. The average Bonchev–Trinajstić information content (AvgIpc) is 2.85. The van der Waals surface area contributed by atoms with E-state index >= 15 is 0 Å². The lowest BCUT2D eigenvalue weighted by molar-refractivity contribution is 0.244. The van der Waals surface area contributed by atoms with Crippen LogP contribution in [0.3, 0.4) is 0 Å². The van der Waals surface area contributed by atoms with Crippen molar-refractivity contribution in [3.63, 3.8) is 0 Å². The Morgan fingerprint density at radius 3 is 2.56 bits per heavy atom. The topological polar surface area (TPSA) is 35.5 Å². The van der Waals surface area contributed by atoms with E-state index in [1.807, 2.05) is 0 Å². The van der Waals surface area contributed by atoms with Crippen molar-refractivity contribution in [2.75, 3.05) is 39.3 Å². The first-order valence-corrected chi connectivity index (χ1v) is 6.89. The molecule has 2 fully saturated rings. The number of hydrogen-bond acceptors (Lipinski definition) is 3. The summed E-state index contributed by atoms with van der Waals surface area (Å²) >= 11 is 0. The molecule has 0 aromatic heterocycles. The summed E-state index contributed by atoms with van der Waals surface area (Å²) in [4.78, 5) is 2.57.